The highest BCUT2D eigenvalue weighted by atomic mass is 35.5. The first kappa shape index (κ1) is 13.4. The van der Waals surface area contributed by atoms with E-state index in [9.17, 15) is 4.79 Å². The molecule has 2 heterocycles. The minimum Gasteiger partial charge on any atom is -0.361 e. The first-order chi connectivity index (χ1) is 10.7. The molecule has 0 unspecified atom stereocenters. The van der Waals surface area contributed by atoms with Crippen molar-refractivity contribution in [3.8, 4) is 0 Å². The molecular formula is C18H15ClN2O. The Morgan fingerprint density at radius 2 is 1.95 bits per heavy atom. The maximum Gasteiger partial charge on any atom is 0.252 e. The Hall–Kier alpha value is -2.26. The lowest BCUT2D eigenvalue weighted by atomic mass is 9.81. The van der Waals surface area contributed by atoms with E-state index in [1.165, 1.54) is 0 Å². The minimum atomic E-state index is -0.486. The number of carbonyl (C=O) groups excluding carboxylic acids is 1. The van der Waals surface area contributed by atoms with Crippen molar-refractivity contribution in [2.75, 3.05) is 0 Å². The Morgan fingerprint density at radius 3 is 2.77 bits per heavy atom. The predicted molar refractivity (Wildman–Crippen MR) is 88.3 cm³/mol. The molecule has 1 aliphatic rings. The maximum absolute atomic E-state index is 12.4. The van der Waals surface area contributed by atoms with E-state index >= 15 is 0 Å². The average Bonchev–Trinajstić information content (AvgIpc) is 3.07. The van der Waals surface area contributed by atoms with Crippen LogP contribution in [0.15, 0.2) is 48.7 Å². The first-order valence-corrected chi connectivity index (χ1v) is 7.72. The van der Waals surface area contributed by atoms with Gasteiger partial charge in [-0.2, -0.15) is 0 Å². The fraction of sp³-hybridized carbons (Fsp3) is 0.167. The summed E-state index contributed by atoms with van der Waals surface area (Å²) in [7, 11) is 0. The summed E-state index contributed by atoms with van der Waals surface area (Å²) in [5.41, 5.74) is 3.37. The number of benzene rings is 2. The molecule has 1 atom stereocenters. The van der Waals surface area contributed by atoms with Gasteiger partial charge in [-0.15, -0.1) is 0 Å². The monoisotopic (exact) mass is 310 g/mol. The Bertz CT molecular complexity index is 899. The van der Waals surface area contributed by atoms with Crippen LogP contribution in [0.3, 0.4) is 0 Å². The van der Waals surface area contributed by atoms with Crippen molar-refractivity contribution >= 4 is 28.4 Å². The molecule has 0 aliphatic carbocycles. The zero-order chi connectivity index (χ0) is 15.3. The van der Waals surface area contributed by atoms with Gasteiger partial charge in [0, 0.05) is 33.2 Å². The standard InChI is InChI=1S/C18H15ClN2O/c1-2-18(14-6-4-3-5-13(14)17(22)21-18)15-10-20-16-9-11(19)7-8-12(15)16/h3-10,20H,2H2,1H3,(H,21,22)/t18-/m1/s1. The van der Waals surface area contributed by atoms with Crippen molar-refractivity contribution in [1.29, 1.82) is 0 Å². The SMILES string of the molecule is CC[C@@]1(c2c[nH]c3cc(Cl)ccc23)NC(=O)c2ccccc21. The van der Waals surface area contributed by atoms with Crippen LogP contribution in [-0.4, -0.2) is 10.9 Å². The van der Waals surface area contributed by atoms with Gasteiger partial charge in [0.05, 0.1) is 5.54 Å². The van der Waals surface area contributed by atoms with Crippen LogP contribution in [0.1, 0.15) is 34.8 Å². The van der Waals surface area contributed by atoms with Gasteiger partial charge in [0.25, 0.3) is 5.91 Å². The van der Waals surface area contributed by atoms with Gasteiger partial charge >= 0.3 is 0 Å². The van der Waals surface area contributed by atoms with Crippen LogP contribution in [0.5, 0.6) is 0 Å². The molecular weight excluding hydrogens is 296 g/mol. The highest BCUT2D eigenvalue weighted by Gasteiger charge is 2.43. The molecule has 0 radical (unpaired) electrons. The number of fused-ring (bicyclic) bond motifs is 2. The number of rotatable bonds is 2. The number of H-pyrrole nitrogens is 1. The number of aromatic amines is 1. The van der Waals surface area contributed by atoms with Crippen molar-refractivity contribution in [2.24, 2.45) is 0 Å². The van der Waals surface area contributed by atoms with Crippen LogP contribution in [0.2, 0.25) is 5.02 Å². The van der Waals surface area contributed by atoms with E-state index in [2.05, 4.69) is 17.2 Å². The second-order valence-electron chi connectivity index (χ2n) is 5.65. The number of carbonyl (C=O) groups is 1. The fourth-order valence-electron chi connectivity index (χ4n) is 3.51. The second kappa shape index (κ2) is 4.62. The Labute approximate surface area is 133 Å². The molecule has 4 rings (SSSR count). The lowest BCUT2D eigenvalue weighted by molar-refractivity contribution is 0.0939. The summed E-state index contributed by atoms with van der Waals surface area (Å²) in [5, 5.41) is 4.98. The molecule has 1 aromatic heterocycles. The number of halogens is 1. The molecule has 2 aromatic carbocycles. The van der Waals surface area contributed by atoms with Crippen LogP contribution >= 0.6 is 11.6 Å². The van der Waals surface area contributed by atoms with E-state index in [0.29, 0.717) is 5.02 Å². The predicted octanol–water partition coefficient (Wildman–Crippen LogP) is 4.22. The summed E-state index contributed by atoms with van der Waals surface area (Å²) in [6.07, 6.45) is 2.76. The van der Waals surface area contributed by atoms with Gasteiger partial charge < -0.3 is 10.3 Å². The lowest BCUT2D eigenvalue weighted by Crippen LogP contribution is -2.39. The second-order valence-corrected chi connectivity index (χ2v) is 6.09. The molecule has 1 aliphatic heterocycles. The van der Waals surface area contributed by atoms with Crippen molar-refractivity contribution < 1.29 is 4.79 Å². The van der Waals surface area contributed by atoms with Crippen LogP contribution in [0.25, 0.3) is 10.9 Å². The highest BCUT2D eigenvalue weighted by molar-refractivity contribution is 6.31. The number of hydrogen-bond donors (Lipinski definition) is 2. The molecule has 1 amide bonds. The van der Waals surface area contributed by atoms with Gasteiger partial charge in [0.1, 0.15) is 0 Å². The quantitative estimate of drug-likeness (QED) is 0.731. The smallest absolute Gasteiger partial charge is 0.252 e. The first-order valence-electron chi connectivity index (χ1n) is 7.35. The minimum absolute atomic E-state index is 0.0132. The van der Waals surface area contributed by atoms with Gasteiger partial charge in [-0.05, 0) is 30.2 Å². The van der Waals surface area contributed by atoms with Crippen LogP contribution in [0, 0.1) is 0 Å². The number of amides is 1. The van der Waals surface area contributed by atoms with Crippen LogP contribution in [-0.2, 0) is 5.54 Å². The third kappa shape index (κ3) is 1.66. The summed E-state index contributed by atoms with van der Waals surface area (Å²) in [6.45, 7) is 2.09. The average molecular weight is 311 g/mol. The van der Waals surface area contributed by atoms with E-state index in [-0.39, 0.29) is 5.91 Å². The topological polar surface area (TPSA) is 44.9 Å². The molecule has 0 saturated heterocycles. The Morgan fingerprint density at radius 1 is 1.14 bits per heavy atom. The van der Waals surface area contributed by atoms with Gasteiger partial charge in [-0.3, -0.25) is 4.79 Å². The molecule has 0 bridgehead atoms. The summed E-state index contributed by atoms with van der Waals surface area (Å²) in [5.74, 6) is -0.0132. The molecule has 4 heteroatoms. The van der Waals surface area contributed by atoms with E-state index in [1.807, 2.05) is 48.7 Å². The van der Waals surface area contributed by atoms with Gasteiger partial charge in [-0.25, -0.2) is 0 Å². The normalized spacial score (nSPS) is 20.2. The number of aromatic nitrogens is 1. The van der Waals surface area contributed by atoms with Crippen molar-refractivity contribution in [2.45, 2.75) is 18.9 Å². The lowest BCUT2D eigenvalue weighted by Gasteiger charge is -2.29. The number of hydrogen-bond acceptors (Lipinski definition) is 1. The summed E-state index contributed by atoms with van der Waals surface area (Å²) in [6, 6.07) is 13.6. The zero-order valence-corrected chi connectivity index (χ0v) is 12.9. The van der Waals surface area contributed by atoms with Crippen molar-refractivity contribution in [3.05, 3.63) is 70.4 Å². The van der Waals surface area contributed by atoms with Crippen molar-refractivity contribution in [3.63, 3.8) is 0 Å². The maximum atomic E-state index is 12.4. The van der Waals surface area contributed by atoms with E-state index in [4.69, 9.17) is 11.6 Å². The van der Waals surface area contributed by atoms with E-state index in [0.717, 1.165) is 34.0 Å². The molecule has 3 nitrogen and oxygen atoms in total. The molecule has 0 saturated carbocycles. The summed E-state index contributed by atoms with van der Waals surface area (Å²) in [4.78, 5) is 15.7. The highest BCUT2D eigenvalue weighted by Crippen LogP contribution is 2.42. The zero-order valence-electron chi connectivity index (χ0n) is 12.1. The molecule has 3 aromatic rings. The molecule has 110 valence electrons. The summed E-state index contributed by atoms with van der Waals surface area (Å²) < 4.78 is 0. The molecule has 0 spiro atoms. The van der Waals surface area contributed by atoms with Gasteiger partial charge in [0.2, 0.25) is 0 Å². The van der Waals surface area contributed by atoms with Gasteiger partial charge in [0.15, 0.2) is 0 Å². The van der Waals surface area contributed by atoms with E-state index < -0.39 is 5.54 Å². The Kier molecular flexibility index (Phi) is 2.81. The third-order valence-electron chi connectivity index (χ3n) is 4.59. The van der Waals surface area contributed by atoms with Crippen LogP contribution in [0.4, 0.5) is 0 Å². The molecule has 0 fully saturated rings. The third-order valence-corrected chi connectivity index (χ3v) is 4.83. The van der Waals surface area contributed by atoms with Crippen LogP contribution < -0.4 is 5.32 Å². The fourth-order valence-corrected chi connectivity index (χ4v) is 3.69. The van der Waals surface area contributed by atoms with Crippen molar-refractivity contribution in [1.82, 2.24) is 10.3 Å². The number of nitrogens with one attached hydrogen (secondary N) is 2. The molecule has 22 heavy (non-hydrogen) atoms. The van der Waals surface area contributed by atoms with E-state index in [1.54, 1.807) is 0 Å². The Balaban J connectivity index is 2.01. The molecule has 2 N–H and O–H groups in total. The van der Waals surface area contributed by atoms with Gasteiger partial charge in [-0.1, -0.05) is 42.8 Å². The summed E-state index contributed by atoms with van der Waals surface area (Å²) >= 11 is 6.07. The largest absolute Gasteiger partial charge is 0.361 e.